The molecule has 17 heavy (non-hydrogen) atoms. The molecule has 0 radical (unpaired) electrons. The fourth-order valence-electron chi connectivity index (χ4n) is 2.49. The molecule has 1 saturated carbocycles. The maximum absolute atomic E-state index is 11.9. The van der Waals surface area contributed by atoms with Crippen molar-refractivity contribution in [3.05, 3.63) is 0 Å². The lowest BCUT2D eigenvalue weighted by molar-refractivity contribution is 0.554. The van der Waals surface area contributed by atoms with Gasteiger partial charge >= 0.3 is 0 Å². The van der Waals surface area contributed by atoms with Gasteiger partial charge in [-0.15, -0.1) is 0 Å². The third kappa shape index (κ3) is 7.04. The normalized spacial score (nSPS) is 17.7. The minimum Gasteiger partial charge on any atom is -0.317 e. The van der Waals surface area contributed by atoms with Gasteiger partial charge in [-0.3, -0.25) is 0 Å². The second kappa shape index (κ2) is 8.09. The number of nitrogens with one attached hydrogen (secondary N) is 1. The maximum atomic E-state index is 11.9. The second-order valence-corrected chi connectivity index (χ2v) is 7.45. The van der Waals surface area contributed by atoms with Crippen LogP contribution < -0.4 is 5.32 Å². The minimum atomic E-state index is -2.79. The van der Waals surface area contributed by atoms with E-state index in [2.05, 4.69) is 12.2 Å². The van der Waals surface area contributed by atoms with Crippen molar-refractivity contribution < 1.29 is 8.42 Å². The molecule has 1 N–H and O–H groups in total. The Labute approximate surface area is 106 Å². The Balaban J connectivity index is 2.07. The SMILES string of the molecule is CCCNCCCCS(=O)(=O)CC1CCCC1. The van der Waals surface area contributed by atoms with E-state index in [0.29, 0.717) is 17.4 Å². The summed E-state index contributed by atoms with van der Waals surface area (Å²) in [5.74, 6) is 1.28. The molecule has 1 rings (SSSR count). The third-order valence-electron chi connectivity index (χ3n) is 3.45. The van der Waals surface area contributed by atoms with E-state index in [-0.39, 0.29) is 0 Å². The van der Waals surface area contributed by atoms with E-state index in [1.807, 2.05) is 0 Å². The molecule has 0 heterocycles. The highest BCUT2D eigenvalue weighted by Gasteiger charge is 2.21. The van der Waals surface area contributed by atoms with Gasteiger partial charge in [0.05, 0.1) is 11.5 Å². The predicted molar refractivity (Wildman–Crippen MR) is 73.0 cm³/mol. The zero-order valence-electron chi connectivity index (χ0n) is 11.1. The first-order valence-electron chi connectivity index (χ1n) is 7.05. The Bertz CT molecular complexity index is 282. The predicted octanol–water partition coefficient (Wildman–Crippen LogP) is 2.37. The summed E-state index contributed by atoms with van der Waals surface area (Å²) in [7, 11) is -2.79. The fourth-order valence-corrected chi connectivity index (χ4v) is 4.36. The van der Waals surface area contributed by atoms with Crippen molar-refractivity contribution in [3.63, 3.8) is 0 Å². The molecule has 0 spiro atoms. The molecule has 1 fully saturated rings. The Morgan fingerprint density at radius 3 is 2.47 bits per heavy atom. The first kappa shape index (κ1) is 15.0. The van der Waals surface area contributed by atoms with E-state index in [9.17, 15) is 8.42 Å². The molecule has 0 aromatic heterocycles. The molecular formula is C13H27NO2S. The number of rotatable bonds is 9. The summed E-state index contributed by atoms with van der Waals surface area (Å²) < 4.78 is 23.7. The molecule has 4 heteroatoms. The van der Waals surface area contributed by atoms with Crippen molar-refractivity contribution in [3.8, 4) is 0 Å². The molecule has 0 amide bonds. The smallest absolute Gasteiger partial charge is 0.150 e. The van der Waals surface area contributed by atoms with E-state index >= 15 is 0 Å². The van der Waals surface area contributed by atoms with E-state index in [0.717, 1.165) is 45.2 Å². The minimum absolute atomic E-state index is 0.386. The highest BCUT2D eigenvalue weighted by molar-refractivity contribution is 7.91. The van der Waals surface area contributed by atoms with Gasteiger partial charge < -0.3 is 5.32 Å². The molecule has 0 unspecified atom stereocenters. The Hall–Kier alpha value is -0.0900. The Kier molecular flexibility index (Phi) is 7.12. The van der Waals surface area contributed by atoms with Crippen molar-refractivity contribution in [2.75, 3.05) is 24.6 Å². The molecule has 0 atom stereocenters. The van der Waals surface area contributed by atoms with Crippen LogP contribution in [0.25, 0.3) is 0 Å². The monoisotopic (exact) mass is 261 g/mol. The molecule has 0 bridgehead atoms. The molecule has 1 aliphatic rings. The van der Waals surface area contributed by atoms with Crippen molar-refractivity contribution in [1.82, 2.24) is 5.32 Å². The van der Waals surface area contributed by atoms with Crippen LogP contribution in [0.1, 0.15) is 51.9 Å². The van der Waals surface area contributed by atoms with Crippen molar-refractivity contribution in [1.29, 1.82) is 0 Å². The average molecular weight is 261 g/mol. The number of unbranched alkanes of at least 4 members (excludes halogenated alkanes) is 1. The zero-order valence-corrected chi connectivity index (χ0v) is 11.9. The zero-order chi connectivity index (χ0) is 12.6. The summed E-state index contributed by atoms with van der Waals surface area (Å²) in [4.78, 5) is 0. The molecule has 1 aliphatic carbocycles. The number of hydrogen-bond donors (Lipinski definition) is 1. The number of sulfone groups is 1. The molecular weight excluding hydrogens is 234 g/mol. The Morgan fingerprint density at radius 1 is 1.12 bits per heavy atom. The highest BCUT2D eigenvalue weighted by atomic mass is 32.2. The lowest BCUT2D eigenvalue weighted by atomic mass is 10.1. The van der Waals surface area contributed by atoms with Crippen molar-refractivity contribution in [2.45, 2.75) is 51.9 Å². The average Bonchev–Trinajstić information content (AvgIpc) is 2.75. The van der Waals surface area contributed by atoms with Crippen LogP contribution in [0.2, 0.25) is 0 Å². The van der Waals surface area contributed by atoms with Crippen LogP contribution in [-0.2, 0) is 9.84 Å². The fraction of sp³-hybridized carbons (Fsp3) is 1.00. The molecule has 3 nitrogen and oxygen atoms in total. The standard InChI is InChI=1S/C13H27NO2S/c1-2-9-14-10-5-6-11-17(15,16)12-13-7-3-4-8-13/h13-14H,2-12H2,1H3. The lowest BCUT2D eigenvalue weighted by Gasteiger charge is -2.09. The molecule has 0 aromatic rings. The molecule has 0 saturated heterocycles. The first-order chi connectivity index (χ1) is 8.14. The summed E-state index contributed by atoms with van der Waals surface area (Å²) in [5, 5.41) is 3.30. The van der Waals surface area contributed by atoms with Crippen LogP contribution in [0.5, 0.6) is 0 Å². The highest BCUT2D eigenvalue weighted by Crippen LogP contribution is 2.26. The van der Waals surface area contributed by atoms with E-state index in [4.69, 9.17) is 0 Å². The Morgan fingerprint density at radius 2 is 1.82 bits per heavy atom. The second-order valence-electron chi connectivity index (χ2n) is 5.22. The first-order valence-corrected chi connectivity index (χ1v) is 8.87. The number of hydrogen-bond acceptors (Lipinski definition) is 3. The topological polar surface area (TPSA) is 46.2 Å². The quantitative estimate of drug-likeness (QED) is 0.648. The summed E-state index contributed by atoms with van der Waals surface area (Å²) in [6, 6.07) is 0. The van der Waals surface area contributed by atoms with Crippen LogP contribution in [0.3, 0.4) is 0 Å². The van der Waals surface area contributed by atoms with E-state index in [1.165, 1.54) is 12.8 Å². The third-order valence-corrected chi connectivity index (χ3v) is 5.34. The van der Waals surface area contributed by atoms with Gasteiger partial charge in [0.25, 0.3) is 0 Å². The summed E-state index contributed by atoms with van der Waals surface area (Å²) in [5.41, 5.74) is 0. The van der Waals surface area contributed by atoms with Gasteiger partial charge in [0.1, 0.15) is 0 Å². The molecule has 102 valence electrons. The van der Waals surface area contributed by atoms with Crippen LogP contribution >= 0.6 is 0 Å². The summed E-state index contributed by atoms with van der Waals surface area (Å²) in [6.45, 7) is 4.13. The van der Waals surface area contributed by atoms with Gasteiger partial charge in [0, 0.05) is 0 Å². The van der Waals surface area contributed by atoms with E-state index < -0.39 is 9.84 Å². The molecule has 0 aromatic carbocycles. The summed E-state index contributed by atoms with van der Waals surface area (Å²) in [6.07, 6.45) is 7.62. The largest absolute Gasteiger partial charge is 0.317 e. The summed E-state index contributed by atoms with van der Waals surface area (Å²) >= 11 is 0. The van der Waals surface area contributed by atoms with Gasteiger partial charge in [-0.1, -0.05) is 19.8 Å². The van der Waals surface area contributed by atoms with Crippen LogP contribution in [-0.4, -0.2) is 33.0 Å². The van der Waals surface area contributed by atoms with Gasteiger partial charge in [-0.2, -0.15) is 0 Å². The maximum Gasteiger partial charge on any atom is 0.150 e. The van der Waals surface area contributed by atoms with Crippen LogP contribution in [0.4, 0.5) is 0 Å². The van der Waals surface area contributed by atoms with Gasteiger partial charge in [-0.25, -0.2) is 8.42 Å². The van der Waals surface area contributed by atoms with Gasteiger partial charge in [0.2, 0.25) is 0 Å². The van der Waals surface area contributed by atoms with Gasteiger partial charge in [-0.05, 0) is 51.1 Å². The van der Waals surface area contributed by atoms with Crippen molar-refractivity contribution in [2.24, 2.45) is 5.92 Å². The van der Waals surface area contributed by atoms with Gasteiger partial charge in [0.15, 0.2) is 9.84 Å². The lowest BCUT2D eigenvalue weighted by Crippen LogP contribution is -2.19. The van der Waals surface area contributed by atoms with E-state index in [1.54, 1.807) is 0 Å². The van der Waals surface area contributed by atoms with Crippen molar-refractivity contribution >= 4 is 9.84 Å². The molecule has 0 aliphatic heterocycles. The van der Waals surface area contributed by atoms with Crippen LogP contribution in [0.15, 0.2) is 0 Å². The van der Waals surface area contributed by atoms with Crippen LogP contribution in [0, 0.1) is 5.92 Å².